The summed E-state index contributed by atoms with van der Waals surface area (Å²) in [6.45, 7) is 5.86. The van der Waals surface area contributed by atoms with Crippen LogP contribution in [0.5, 0.6) is 0 Å². The fourth-order valence-electron chi connectivity index (χ4n) is 1.93. The van der Waals surface area contributed by atoms with Crippen LogP contribution in [0.2, 0.25) is 0 Å². The molecule has 1 atom stereocenters. The van der Waals surface area contributed by atoms with E-state index in [1.165, 1.54) is 0 Å². The van der Waals surface area contributed by atoms with Gasteiger partial charge >= 0.3 is 5.97 Å². The summed E-state index contributed by atoms with van der Waals surface area (Å²) in [7, 11) is 1.70. The normalized spacial score (nSPS) is 22.7. The zero-order chi connectivity index (χ0) is 11.1. The first kappa shape index (κ1) is 12.5. The molecule has 1 fully saturated rings. The van der Waals surface area contributed by atoms with Gasteiger partial charge in [0.1, 0.15) is 0 Å². The predicted octanol–water partition coefficient (Wildman–Crippen LogP) is 0.908. The maximum atomic E-state index is 11.5. The van der Waals surface area contributed by atoms with E-state index in [-0.39, 0.29) is 11.9 Å². The summed E-state index contributed by atoms with van der Waals surface area (Å²) in [5.41, 5.74) is 0. The standard InChI is InChI=1S/C11H21NO3/c1-3-15-11(13)10-5-4-6-12(9-10)7-8-14-2/h10H,3-9H2,1-2H3/t10-/m1/s1. The number of nitrogens with zero attached hydrogens (tertiary/aromatic N) is 1. The molecule has 0 amide bonds. The monoisotopic (exact) mass is 215 g/mol. The van der Waals surface area contributed by atoms with Gasteiger partial charge in [0.05, 0.1) is 19.1 Å². The Labute approximate surface area is 91.5 Å². The van der Waals surface area contributed by atoms with Gasteiger partial charge in [0.2, 0.25) is 0 Å². The van der Waals surface area contributed by atoms with Crippen molar-refractivity contribution in [2.75, 3.05) is 40.0 Å². The highest BCUT2D eigenvalue weighted by Crippen LogP contribution is 2.17. The van der Waals surface area contributed by atoms with Crippen LogP contribution in [-0.2, 0) is 14.3 Å². The van der Waals surface area contributed by atoms with Crippen LogP contribution in [0.1, 0.15) is 19.8 Å². The van der Waals surface area contributed by atoms with Gasteiger partial charge in [0, 0.05) is 20.2 Å². The Morgan fingerprint density at radius 2 is 2.33 bits per heavy atom. The van der Waals surface area contributed by atoms with Gasteiger partial charge < -0.3 is 14.4 Å². The predicted molar refractivity (Wildman–Crippen MR) is 57.7 cm³/mol. The smallest absolute Gasteiger partial charge is 0.310 e. The third-order valence-electron chi connectivity index (χ3n) is 2.74. The maximum Gasteiger partial charge on any atom is 0.310 e. The summed E-state index contributed by atoms with van der Waals surface area (Å²) < 4.78 is 10.1. The molecule has 1 aliphatic heterocycles. The van der Waals surface area contributed by atoms with Crippen LogP contribution in [0.25, 0.3) is 0 Å². The molecule has 15 heavy (non-hydrogen) atoms. The second-order valence-corrected chi connectivity index (χ2v) is 3.88. The van der Waals surface area contributed by atoms with Crippen LogP contribution in [0.4, 0.5) is 0 Å². The van der Waals surface area contributed by atoms with Crippen LogP contribution in [0, 0.1) is 5.92 Å². The van der Waals surface area contributed by atoms with E-state index in [2.05, 4.69) is 4.90 Å². The van der Waals surface area contributed by atoms with Crippen molar-refractivity contribution >= 4 is 5.97 Å². The Bertz CT molecular complexity index is 196. The third-order valence-corrected chi connectivity index (χ3v) is 2.74. The number of ether oxygens (including phenoxy) is 2. The Hall–Kier alpha value is -0.610. The molecule has 1 rings (SSSR count). The first-order valence-corrected chi connectivity index (χ1v) is 5.65. The highest BCUT2D eigenvalue weighted by molar-refractivity contribution is 5.72. The lowest BCUT2D eigenvalue weighted by atomic mass is 9.98. The molecule has 88 valence electrons. The number of methoxy groups -OCH3 is 1. The van der Waals surface area contributed by atoms with Gasteiger partial charge in [-0.25, -0.2) is 0 Å². The lowest BCUT2D eigenvalue weighted by molar-refractivity contribution is -0.150. The molecule has 0 bridgehead atoms. The zero-order valence-corrected chi connectivity index (χ0v) is 9.70. The minimum atomic E-state index is -0.0420. The molecular formula is C11H21NO3. The molecule has 0 aromatic rings. The van der Waals surface area contributed by atoms with E-state index < -0.39 is 0 Å². The van der Waals surface area contributed by atoms with E-state index >= 15 is 0 Å². The van der Waals surface area contributed by atoms with Crippen molar-refractivity contribution in [3.63, 3.8) is 0 Å². The van der Waals surface area contributed by atoms with Gasteiger partial charge in [-0.15, -0.1) is 0 Å². The zero-order valence-electron chi connectivity index (χ0n) is 9.70. The van der Waals surface area contributed by atoms with Gasteiger partial charge in [-0.2, -0.15) is 0 Å². The number of hydrogen-bond donors (Lipinski definition) is 0. The van der Waals surface area contributed by atoms with Gasteiger partial charge in [-0.1, -0.05) is 0 Å². The van der Waals surface area contributed by atoms with Crippen molar-refractivity contribution in [2.24, 2.45) is 5.92 Å². The summed E-state index contributed by atoms with van der Waals surface area (Å²) in [6.07, 6.45) is 2.04. The molecule has 1 saturated heterocycles. The molecule has 0 aromatic carbocycles. The summed E-state index contributed by atoms with van der Waals surface area (Å²) in [5, 5.41) is 0. The number of carbonyl (C=O) groups excluding carboxylic acids is 1. The van der Waals surface area contributed by atoms with Gasteiger partial charge in [0.25, 0.3) is 0 Å². The van der Waals surface area contributed by atoms with Crippen LogP contribution in [0.15, 0.2) is 0 Å². The number of carbonyl (C=O) groups is 1. The highest BCUT2D eigenvalue weighted by Gasteiger charge is 2.26. The lowest BCUT2D eigenvalue weighted by Gasteiger charge is -2.31. The molecule has 0 saturated carbocycles. The molecule has 0 N–H and O–H groups in total. The maximum absolute atomic E-state index is 11.5. The fraction of sp³-hybridized carbons (Fsp3) is 0.909. The Balaban J connectivity index is 2.31. The summed E-state index contributed by atoms with van der Waals surface area (Å²) in [6, 6.07) is 0. The van der Waals surface area contributed by atoms with E-state index in [9.17, 15) is 4.79 Å². The van der Waals surface area contributed by atoms with Crippen molar-refractivity contribution in [3.05, 3.63) is 0 Å². The van der Waals surface area contributed by atoms with Crippen molar-refractivity contribution < 1.29 is 14.3 Å². The van der Waals surface area contributed by atoms with E-state index in [4.69, 9.17) is 9.47 Å². The van der Waals surface area contributed by atoms with Crippen LogP contribution >= 0.6 is 0 Å². The number of piperidine rings is 1. The molecule has 0 aliphatic carbocycles. The molecule has 4 heteroatoms. The minimum absolute atomic E-state index is 0.0420. The van der Waals surface area contributed by atoms with Crippen LogP contribution in [-0.4, -0.2) is 50.8 Å². The van der Waals surface area contributed by atoms with Crippen molar-refractivity contribution in [2.45, 2.75) is 19.8 Å². The average Bonchev–Trinajstić information content (AvgIpc) is 2.27. The van der Waals surface area contributed by atoms with Crippen LogP contribution in [0.3, 0.4) is 0 Å². The highest BCUT2D eigenvalue weighted by atomic mass is 16.5. The number of likely N-dealkylation sites (tertiary alicyclic amines) is 1. The SMILES string of the molecule is CCOC(=O)[C@@H]1CCCN(CCOC)C1. The molecule has 1 aliphatic rings. The molecule has 0 radical (unpaired) electrons. The molecule has 0 spiro atoms. The second kappa shape index (κ2) is 6.80. The lowest BCUT2D eigenvalue weighted by Crippen LogP contribution is -2.40. The number of hydrogen-bond acceptors (Lipinski definition) is 4. The Morgan fingerprint density at radius 1 is 1.53 bits per heavy atom. The van der Waals surface area contributed by atoms with E-state index in [0.717, 1.165) is 39.1 Å². The molecule has 1 heterocycles. The minimum Gasteiger partial charge on any atom is -0.466 e. The average molecular weight is 215 g/mol. The first-order valence-electron chi connectivity index (χ1n) is 5.65. The second-order valence-electron chi connectivity index (χ2n) is 3.88. The molecule has 0 unspecified atom stereocenters. The van der Waals surface area contributed by atoms with Gasteiger partial charge in [-0.3, -0.25) is 4.79 Å². The molecule has 4 nitrogen and oxygen atoms in total. The summed E-state index contributed by atoms with van der Waals surface area (Å²) >= 11 is 0. The largest absolute Gasteiger partial charge is 0.466 e. The van der Waals surface area contributed by atoms with E-state index in [1.54, 1.807) is 7.11 Å². The quantitative estimate of drug-likeness (QED) is 0.639. The first-order chi connectivity index (χ1) is 7.27. The summed E-state index contributed by atoms with van der Waals surface area (Å²) in [5.74, 6) is 0.0233. The third kappa shape index (κ3) is 4.18. The van der Waals surface area contributed by atoms with Crippen molar-refractivity contribution in [1.82, 2.24) is 4.90 Å². The topological polar surface area (TPSA) is 38.8 Å². The van der Waals surface area contributed by atoms with E-state index in [1.807, 2.05) is 6.92 Å². The molecule has 0 aromatic heterocycles. The fourth-order valence-corrected chi connectivity index (χ4v) is 1.93. The Kier molecular flexibility index (Phi) is 5.65. The van der Waals surface area contributed by atoms with Gasteiger partial charge in [-0.05, 0) is 26.3 Å². The van der Waals surface area contributed by atoms with Crippen molar-refractivity contribution in [3.8, 4) is 0 Å². The number of esters is 1. The van der Waals surface area contributed by atoms with Crippen molar-refractivity contribution in [1.29, 1.82) is 0 Å². The van der Waals surface area contributed by atoms with E-state index in [0.29, 0.717) is 6.61 Å². The van der Waals surface area contributed by atoms with Gasteiger partial charge in [0.15, 0.2) is 0 Å². The molecular weight excluding hydrogens is 194 g/mol. The number of rotatable bonds is 5. The summed E-state index contributed by atoms with van der Waals surface area (Å²) in [4.78, 5) is 13.8. The Morgan fingerprint density at radius 3 is 3.00 bits per heavy atom. The van der Waals surface area contributed by atoms with Crippen LogP contribution < -0.4 is 0 Å².